The van der Waals surface area contributed by atoms with Crippen LogP contribution in [0.1, 0.15) is 147 Å². The Morgan fingerprint density at radius 2 is 0.780 bits per heavy atom. The minimum Gasteiger partial charge on any atom is -0.317 e. The maximum absolute atomic E-state index is 3.28. The van der Waals surface area contributed by atoms with Gasteiger partial charge < -0.3 is 5.32 Å². The van der Waals surface area contributed by atoms with Crippen LogP contribution >= 0.6 is 0 Å². The van der Waals surface area contributed by atoms with Gasteiger partial charge in [0.05, 0.1) is 0 Å². The van der Waals surface area contributed by atoms with Crippen molar-refractivity contribution in [2.45, 2.75) is 142 Å². The van der Waals surface area contributed by atoms with E-state index in [9.17, 15) is 0 Å². The third kappa shape index (κ3) is 63.1. The number of hydrogen-bond acceptors (Lipinski definition) is 1. The lowest BCUT2D eigenvalue weighted by Gasteiger charge is -2.08. The number of benzene rings is 2. The summed E-state index contributed by atoms with van der Waals surface area (Å²) >= 11 is 0. The summed E-state index contributed by atoms with van der Waals surface area (Å²) in [5, 5.41) is 3.28. The molecular weight excluding hydrogens is 494 g/mol. The van der Waals surface area contributed by atoms with E-state index < -0.39 is 0 Å². The molecule has 2 aromatic carbocycles. The third-order valence-electron chi connectivity index (χ3n) is 4.16. The van der Waals surface area contributed by atoms with Gasteiger partial charge in [0.25, 0.3) is 0 Å². The molecule has 0 saturated carbocycles. The van der Waals surface area contributed by atoms with E-state index in [0.717, 1.165) is 29.6 Å². The molecule has 2 aromatic rings. The Kier molecular flexibility index (Phi) is 39.1. The second-order valence-electron chi connectivity index (χ2n) is 14.4. The largest absolute Gasteiger partial charge is 0.317 e. The maximum Gasteiger partial charge on any atom is -0.00489 e. The number of rotatable bonds is 3. The molecule has 242 valence electrons. The van der Waals surface area contributed by atoms with Crippen LogP contribution in [0, 0.1) is 29.6 Å². The first kappa shape index (κ1) is 46.4. The summed E-state index contributed by atoms with van der Waals surface area (Å²) in [6.07, 6.45) is 5.41. The van der Waals surface area contributed by atoms with Gasteiger partial charge in [-0.3, -0.25) is 0 Å². The maximum atomic E-state index is 3.28. The summed E-state index contributed by atoms with van der Waals surface area (Å²) in [7, 11) is 0. The van der Waals surface area contributed by atoms with Crippen molar-refractivity contribution >= 4 is 0 Å². The molecule has 1 fully saturated rings. The fourth-order valence-corrected chi connectivity index (χ4v) is 2.73. The molecule has 0 bridgehead atoms. The van der Waals surface area contributed by atoms with E-state index in [1.807, 2.05) is 6.07 Å². The normalized spacial score (nSPS) is 11.8. The Bertz CT molecular complexity index is 633. The van der Waals surface area contributed by atoms with Crippen LogP contribution < -0.4 is 5.32 Å². The predicted molar refractivity (Wildman–Crippen MR) is 194 cm³/mol. The Morgan fingerprint density at radius 3 is 0.976 bits per heavy atom. The molecule has 1 nitrogen and oxygen atoms in total. The smallest absolute Gasteiger partial charge is 0.00489 e. The molecule has 1 heteroatoms. The van der Waals surface area contributed by atoms with E-state index in [0.29, 0.717) is 5.92 Å². The fraction of sp³-hybridized carbons (Fsp3) is 0.700. The van der Waals surface area contributed by atoms with Gasteiger partial charge in [0.15, 0.2) is 0 Å². The molecule has 0 radical (unpaired) electrons. The van der Waals surface area contributed by atoms with Crippen LogP contribution in [0.5, 0.6) is 0 Å². The zero-order valence-corrected chi connectivity index (χ0v) is 31.0. The number of hydrogen-bond donors (Lipinski definition) is 1. The van der Waals surface area contributed by atoms with Crippen molar-refractivity contribution in [1.29, 1.82) is 0 Å². The highest BCUT2D eigenvalue weighted by molar-refractivity contribution is 5.17. The highest BCUT2D eigenvalue weighted by Crippen LogP contribution is 2.11. The van der Waals surface area contributed by atoms with E-state index in [-0.39, 0.29) is 0 Å². The van der Waals surface area contributed by atoms with Crippen molar-refractivity contribution in [2.75, 3.05) is 13.1 Å². The molecule has 1 heterocycles. The van der Waals surface area contributed by atoms with E-state index in [2.05, 4.69) is 171 Å². The Morgan fingerprint density at radius 1 is 0.463 bits per heavy atom. The van der Waals surface area contributed by atoms with Gasteiger partial charge in [-0.25, -0.2) is 0 Å². The SMILES string of the molecule is C1CCNCC1.CC(C)C.CC(C)C.CC(C)C.CC(C)C.CC(C)Cc1ccccc1.CC(C)c1ccccc1. The molecule has 0 aromatic heterocycles. The van der Waals surface area contributed by atoms with Gasteiger partial charge in [-0.2, -0.15) is 0 Å². The van der Waals surface area contributed by atoms with Gasteiger partial charge >= 0.3 is 0 Å². The van der Waals surface area contributed by atoms with E-state index >= 15 is 0 Å². The van der Waals surface area contributed by atoms with E-state index in [1.54, 1.807) is 0 Å². The summed E-state index contributed by atoms with van der Waals surface area (Å²) < 4.78 is 0. The van der Waals surface area contributed by atoms with Crippen LogP contribution in [0.4, 0.5) is 0 Å². The van der Waals surface area contributed by atoms with E-state index in [4.69, 9.17) is 0 Å². The standard InChI is InChI=1S/C10H14.C9H12.C5H11N.4C4H10/c1-9(2)8-10-6-4-3-5-7-10;1-8(2)9-6-4-3-5-7-9;1-2-4-6-5-3-1;4*1-4(2)3/h3-7,9H,8H2,1-2H3;3-8H,1-2H3;6H,1-5H2;4*4H,1-3H3. The first-order valence-corrected chi connectivity index (χ1v) is 16.8. The third-order valence-corrected chi connectivity index (χ3v) is 4.16. The molecular formula is C40H77N. The topological polar surface area (TPSA) is 12.0 Å². The molecule has 0 unspecified atom stereocenters. The highest BCUT2D eigenvalue weighted by atomic mass is 14.9. The van der Waals surface area contributed by atoms with Crippen molar-refractivity contribution in [1.82, 2.24) is 5.32 Å². The van der Waals surface area contributed by atoms with Gasteiger partial charge in [-0.05, 0) is 79.0 Å². The van der Waals surface area contributed by atoms with Gasteiger partial charge in [0.2, 0.25) is 0 Å². The summed E-state index contributed by atoms with van der Waals surface area (Å²) in [5.74, 6) is 4.76. The quantitative estimate of drug-likeness (QED) is 0.386. The number of nitrogens with one attached hydrogen (secondary N) is 1. The van der Waals surface area contributed by atoms with Gasteiger partial charge in [0.1, 0.15) is 0 Å². The minimum absolute atomic E-state index is 0.659. The molecule has 0 spiro atoms. The van der Waals surface area contributed by atoms with Crippen LogP contribution in [0.25, 0.3) is 0 Å². The Balaban J connectivity index is -0.000000203. The summed E-state index contributed by atoms with van der Waals surface area (Å²) in [5.41, 5.74) is 2.86. The Labute approximate surface area is 261 Å². The van der Waals surface area contributed by atoms with Crippen LogP contribution in [0.15, 0.2) is 60.7 Å². The molecule has 1 saturated heterocycles. The zero-order valence-electron chi connectivity index (χ0n) is 31.0. The summed E-state index contributed by atoms with van der Waals surface area (Å²) in [4.78, 5) is 0. The first-order valence-electron chi connectivity index (χ1n) is 16.8. The van der Waals surface area contributed by atoms with Crippen molar-refractivity contribution in [3.05, 3.63) is 71.8 Å². The monoisotopic (exact) mass is 572 g/mol. The van der Waals surface area contributed by atoms with Gasteiger partial charge in [-0.15, -0.1) is 0 Å². The molecule has 41 heavy (non-hydrogen) atoms. The molecule has 1 N–H and O–H groups in total. The average Bonchev–Trinajstić information content (AvgIpc) is 2.85. The van der Waals surface area contributed by atoms with Gasteiger partial charge in [-0.1, -0.05) is 178 Å². The van der Waals surface area contributed by atoms with Crippen molar-refractivity contribution in [3.63, 3.8) is 0 Å². The van der Waals surface area contributed by atoms with Crippen molar-refractivity contribution < 1.29 is 0 Å². The van der Waals surface area contributed by atoms with E-state index in [1.165, 1.54) is 49.9 Å². The average molecular weight is 572 g/mol. The molecule has 0 amide bonds. The summed E-state index contributed by atoms with van der Waals surface area (Å²) in [6, 6.07) is 21.1. The highest BCUT2D eigenvalue weighted by Gasteiger charge is 1.95. The lowest BCUT2D eigenvalue weighted by Crippen LogP contribution is -2.21. The lowest BCUT2D eigenvalue weighted by molar-refractivity contribution is 0.520. The van der Waals surface area contributed by atoms with Crippen LogP contribution in [-0.2, 0) is 6.42 Å². The van der Waals surface area contributed by atoms with Crippen molar-refractivity contribution in [2.24, 2.45) is 29.6 Å². The Hall–Kier alpha value is -1.60. The van der Waals surface area contributed by atoms with Crippen molar-refractivity contribution in [3.8, 4) is 0 Å². The zero-order chi connectivity index (χ0) is 32.6. The molecule has 1 aliphatic heterocycles. The molecule has 0 aliphatic carbocycles. The van der Waals surface area contributed by atoms with Crippen LogP contribution in [-0.4, -0.2) is 13.1 Å². The molecule has 1 aliphatic rings. The van der Waals surface area contributed by atoms with Crippen LogP contribution in [0.2, 0.25) is 0 Å². The minimum atomic E-state index is 0.659. The lowest BCUT2D eigenvalue weighted by atomic mass is 10.0. The second-order valence-corrected chi connectivity index (χ2v) is 14.4. The first-order chi connectivity index (χ1) is 19.0. The number of piperidine rings is 1. The molecule has 3 rings (SSSR count). The van der Waals surface area contributed by atoms with Crippen LogP contribution in [0.3, 0.4) is 0 Å². The molecule has 0 atom stereocenters. The fourth-order valence-electron chi connectivity index (χ4n) is 2.73. The van der Waals surface area contributed by atoms with Gasteiger partial charge in [0, 0.05) is 0 Å². The second kappa shape index (κ2) is 34.6. The predicted octanol–water partition coefficient (Wildman–Crippen LogP) is 13.1. The summed E-state index contributed by atoms with van der Waals surface area (Å²) in [6.45, 7) is 37.4.